The van der Waals surface area contributed by atoms with E-state index in [2.05, 4.69) is 10.6 Å². The molecule has 116 valence electrons. The molecule has 0 aliphatic carbocycles. The predicted octanol–water partition coefficient (Wildman–Crippen LogP) is 4.22. The lowest BCUT2D eigenvalue weighted by atomic mass is 10.2. The molecular formula is C14H12Cl2N2O3S. The Kier molecular flexibility index (Phi) is 4.95. The third-order valence-corrected chi connectivity index (χ3v) is 4.53. The second kappa shape index (κ2) is 6.56. The Balaban J connectivity index is 2.09. The Hall–Kier alpha value is -1.76. The van der Waals surface area contributed by atoms with Gasteiger partial charge in [-0.1, -0.05) is 11.6 Å². The Morgan fingerprint density at radius 3 is 2.09 bits per heavy atom. The maximum Gasteiger partial charge on any atom is 0.323 e. The van der Waals surface area contributed by atoms with Crippen LogP contribution in [-0.4, -0.2) is 14.4 Å². The van der Waals surface area contributed by atoms with Crippen molar-refractivity contribution in [3.05, 3.63) is 53.1 Å². The van der Waals surface area contributed by atoms with Gasteiger partial charge in [0.15, 0.2) is 0 Å². The van der Waals surface area contributed by atoms with E-state index in [-0.39, 0.29) is 4.90 Å². The summed E-state index contributed by atoms with van der Waals surface area (Å²) >= 11 is 5.76. The van der Waals surface area contributed by atoms with E-state index in [0.717, 1.165) is 0 Å². The third-order valence-electron chi connectivity index (χ3n) is 2.80. The summed E-state index contributed by atoms with van der Waals surface area (Å²) in [5.41, 5.74) is 1.48. The standard InChI is InChI=1S/C14H12Cl2N2O3S/c1-9-8-12(6-7-13(9)22(16,20)21)18-14(19)17-11-4-2-10(15)3-5-11/h2-8H,1H3,(H2,17,18,19). The van der Waals surface area contributed by atoms with Gasteiger partial charge >= 0.3 is 6.03 Å². The topological polar surface area (TPSA) is 75.3 Å². The molecule has 2 N–H and O–H groups in total. The average Bonchev–Trinajstić information content (AvgIpc) is 2.40. The normalized spacial score (nSPS) is 11.0. The Morgan fingerprint density at radius 1 is 1.00 bits per heavy atom. The van der Waals surface area contributed by atoms with Gasteiger partial charge in [0.2, 0.25) is 0 Å². The van der Waals surface area contributed by atoms with Gasteiger partial charge in [0.1, 0.15) is 0 Å². The highest BCUT2D eigenvalue weighted by Crippen LogP contribution is 2.23. The van der Waals surface area contributed by atoms with Gasteiger partial charge < -0.3 is 10.6 Å². The Labute approximate surface area is 137 Å². The van der Waals surface area contributed by atoms with E-state index in [0.29, 0.717) is 22.0 Å². The second-order valence-corrected chi connectivity index (χ2v) is 7.47. The van der Waals surface area contributed by atoms with E-state index in [9.17, 15) is 13.2 Å². The van der Waals surface area contributed by atoms with Crippen LogP contribution in [0.2, 0.25) is 5.02 Å². The summed E-state index contributed by atoms with van der Waals surface area (Å²) in [7, 11) is 1.50. The molecule has 0 heterocycles. The number of carbonyl (C=O) groups excluding carboxylic acids is 1. The number of hydrogen-bond acceptors (Lipinski definition) is 3. The molecule has 0 saturated carbocycles. The maximum atomic E-state index is 11.9. The van der Waals surface area contributed by atoms with E-state index >= 15 is 0 Å². The molecule has 2 aromatic rings. The van der Waals surface area contributed by atoms with Crippen LogP contribution in [0.1, 0.15) is 5.56 Å². The number of amides is 2. The van der Waals surface area contributed by atoms with Crippen LogP contribution < -0.4 is 10.6 Å². The smallest absolute Gasteiger partial charge is 0.308 e. The molecule has 0 atom stereocenters. The summed E-state index contributed by atoms with van der Waals surface area (Å²) in [6.45, 7) is 1.59. The molecule has 8 heteroatoms. The molecule has 0 saturated heterocycles. The molecule has 0 fully saturated rings. The van der Waals surface area contributed by atoms with Crippen molar-refractivity contribution in [2.45, 2.75) is 11.8 Å². The molecule has 2 aromatic carbocycles. The number of halogens is 2. The molecule has 0 aromatic heterocycles. The highest BCUT2D eigenvalue weighted by Gasteiger charge is 2.14. The van der Waals surface area contributed by atoms with Crippen LogP contribution >= 0.6 is 22.3 Å². The van der Waals surface area contributed by atoms with E-state index in [4.69, 9.17) is 22.3 Å². The average molecular weight is 359 g/mol. The lowest BCUT2D eigenvalue weighted by molar-refractivity contribution is 0.262. The molecule has 5 nitrogen and oxygen atoms in total. The summed E-state index contributed by atoms with van der Waals surface area (Å²) in [6.07, 6.45) is 0. The molecule has 0 radical (unpaired) electrons. The minimum Gasteiger partial charge on any atom is -0.308 e. The minimum atomic E-state index is -3.80. The fourth-order valence-corrected chi connectivity index (χ4v) is 3.15. The first kappa shape index (κ1) is 16.6. The molecule has 0 unspecified atom stereocenters. The van der Waals surface area contributed by atoms with Crippen LogP contribution in [0.25, 0.3) is 0 Å². The number of nitrogens with one attached hydrogen (secondary N) is 2. The van der Waals surface area contributed by atoms with Gasteiger partial charge in [0.05, 0.1) is 4.90 Å². The fourth-order valence-electron chi connectivity index (χ4n) is 1.83. The highest BCUT2D eigenvalue weighted by atomic mass is 35.7. The first-order valence-corrected chi connectivity index (χ1v) is 8.83. The van der Waals surface area contributed by atoms with Crippen molar-refractivity contribution in [3.63, 3.8) is 0 Å². The molecule has 0 aliphatic heterocycles. The van der Waals surface area contributed by atoms with Crippen LogP contribution in [0.5, 0.6) is 0 Å². The number of carbonyl (C=O) groups is 1. The van der Waals surface area contributed by atoms with Crippen LogP contribution in [-0.2, 0) is 9.05 Å². The van der Waals surface area contributed by atoms with Crippen molar-refractivity contribution < 1.29 is 13.2 Å². The Bertz CT molecular complexity index is 805. The number of benzene rings is 2. The van der Waals surface area contributed by atoms with E-state index in [1.807, 2.05) is 0 Å². The number of anilines is 2. The molecular weight excluding hydrogens is 347 g/mol. The Morgan fingerprint density at radius 2 is 1.55 bits per heavy atom. The zero-order valence-corrected chi connectivity index (χ0v) is 13.8. The van der Waals surface area contributed by atoms with Gasteiger partial charge in [-0.15, -0.1) is 0 Å². The van der Waals surface area contributed by atoms with Crippen LogP contribution in [0.15, 0.2) is 47.4 Å². The summed E-state index contributed by atoms with van der Waals surface area (Å²) in [4.78, 5) is 11.9. The van der Waals surface area contributed by atoms with Crippen LogP contribution in [0.3, 0.4) is 0 Å². The van der Waals surface area contributed by atoms with Crippen molar-refractivity contribution in [3.8, 4) is 0 Å². The minimum absolute atomic E-state index is 0.0119. The molecule has 2 amide bonds. The zero-order chi connectivity index (χ0) is 16.3. The lowest BCUT2D eigenvalue weighted by Crippen LogP contribution is -2.19. The maximum absolute atomic E-state index is 11.9. The van der Waals surface area contributed by atoms with Crippen LogP contribution in [0.4, 0.5) is 16.2 Å². The van der Waals surface area contributed by atoms with Crippen molar-refractivity contribution in [1.82, 2.24) is 0 Å². The molecule has 0 aliphatic rings. The molecule has 22 heavy (non-hydrogen) atoms. The lowest BCUT2D eigenvalue weighted by Gasteiger charge is -2.09. The second-order valence-electron chi connectivity index (χ2n) is 4.50. The summed E-state index contributed by atoms with van der Waals surface area (Å²) in [5, 5.41) is 5.80. The largest absolute Gasteiger partial charge is 0.323 e. The quantitative estimate of drug-likeness (QED) is 0.806. The van der Waals surface area contributed by atoms with Crippen molar-refractivity contribution in [2.24, 2.45) is 0 Å². The number of aryl methyl sites for hydroxylation is 1. The van der Waals surface area contributed by atoms with E-state index in [1.165, 1.54) is 18.2 Å². The fraction of sp³-hybridized carbons (Fsp3) is 0.0714. The van der Waals surface area contributed by atoms with Gasteiger partial charge in [0.25, 0.3) is 9.05 Å². The predicted molar refractivity (Wildman–Crippen MR) is 88.3 cm³/mol. The highest BCUT2D eigenvalue weighted by molar-refractivity contribution is 8.13. The van der Waals surface area contributed by atoms with Gasteiger partial charge in [-0.2, -0.15) is 0 Å². The summed E-state index contributed by atoms with van der Waals surface area (Å²) < 4.78 is 22.6. The first-order chi connectivity index (χ1) is 10.3. The number of urea groups is 1. The SMILES string of the molecule is Cc1cc(NC(=O)Nc2ccc(Cl)cc2)ccc1S(=O)(=O)Cl. The van der Waals surface area contributed by atoms with E-state index in [1.54, 1.807) is 31.2 Å². The summed E-state index contributed by atoms with van der Waals surface area (Å²) in [5.74, 6) is 0. The summed E-state index contributed by atoms with van der Waals surface area (Å²) in [6, 6.07) is 10.5. The van der Waals surface area contributed by atoms with Crippen molar-refractivity contribution in [2.75, 3.05) is 10.6 Å². The van der Waals surface area contributed by atoms with Crippen molar-refractivity contribution in [1.29, 1.82) is 0 Å². The zero-order valence-electron chi connectivity index (χ0n) is 11.4. The van der Waals surface area contributed by atoms with Crippen LogP contribution in [0, 0.1) is 6.92 Å². The molecule has 2 rings (SSSR count). The first-order valence-electron chi connectivity index (χ1n) is 6.14. The van der Waals surface area contributed by atoms with Crippen molar-refractivity contribution >= 4 is 48.7 Å². The van der Waals surface area contributed by atoms with Gasteiger partial charge in [0, 0.05) is 27.1 Å². The van der Waals surface area contributed by atoms with E-state index < -0.39 is 15.1 Å². The monoisotopic (exact) mass is 358 g/mol. The van der Waals surface area contributed by atoms with Gasteiger partial charge in [-0.25, -0.2) is 13.2 Å². The molecule has 0 spiro atoms. The van der Waals surface area contributed by atoms with Gasteiger partial charge in [-0.05, 0) is 55.0 Å². The number of rotatable bonds is 3. The van der Waals surface area contributed by atoms with Gasteiger partial charge in [-0.3, -0.25) is 0 Å². The third kappa shape index (κ3) is 4.37. The molecule has 0 bridgehead atoms. The number of hydrogen-bond donors (Lipinski definition) is 2.